The molecule has 0 spiro atoms. The third-order valence-corrected chi connectivity index (χ3v) is 11.3. The summed E-state index contributed by atoms with van der Waals surface area (Å²) in [6, 6.07) is 0.366. The fraction of sp³-hybridized carbons (Fsp3) is 0.789. The molecule has 58 heavy (non-hydrogen) atoms. The second kappa shape index (κ2) is 26.3. The van der Waals surface area contributed by atoms with Crippen LogP contribution >= 0.6 is 11.8 Å². The Balaban J connectivity index is 0.995. The molecule has 19 nitrogen and oxygen atoms in total. The first kappa shape index (κ1) is 46.9. The average Bonchev–Trinajstić information content (AvgIpc) is 3.90. The van der Waals surface area contributed by atoms with Crippen molar-refractivity contribution >= 4 is 35.2 Å². The van der Waals surface area contributed by atoms with Gasteiger partial charge in [0, 0.05) is 80.5 Å². The van der Waals surface area contributed by atoms with E-state index in [4.69, 9.17) is 29.5 Å². The van der Waals surface area contributed by atoms with Crippen molar-refractivity contribution in [3.63, 3.8) is 0 Å². The normalized spacial score (nSPS) is 20.2. The molecule has 0 bridgehead atoms. The van der Waals surface area contributed by atoms with Crippen LogP contribution in [0.5, 0.6) is 0 Å². The first-order valence-electron chi connectivity index (χ1n) is 20.5. The maximum absolute atomic E-state index is 13.1. The monoisotopic (exact) mass is 833 g/mol. The van der Waals surface area contributed by atoms with Crippen molar-refractivity contribution in [2.24, 2.45) is 15.5 Å². The van der Waals surface area contributed by atoms with Crippen LogP contribution in [0.2, 0.25) is 0 Å². The zero-order valence-corrected chi connectivity index (χ0v) is 34.9. The number of thioether (sulfide) groups is 1. The minimum atomic E-state index is -0.305. The van der Waals surface area contributed by atoms with Gasteiger partial charge in [0.25, 0.3) is 0 Å². The van der Waals surface area contributed by atoms with Gasteiger partial charge in [-0.2, -0.15) is 11.8 Å². The van der Waals surface area contributed by atoms with Crippen LogP contribution in [0.15, 0.2) is 27.6 Å². The van der Waals surface area contributed by atoms with Crippen molar-refractivity contribution in [3.8, 4) is 0 Å². The number of carbonyl (C=O) groups excluding carboxylic acids is 3. The lowest BCUT2D eigenvalue weighted by atomic mass is 9.75. The maximum atomic E-state index is 13.1. The molecule has 3 heterocycles. The molecule has 0 unspecified atom stereocenters. The van der Waals surface area contributed by atoms with E-state index in [9.17, 15) is 19.5 Å². The number of nitrogens with one attached hydrogen (secondary N) is 4. The highest BCUT2D eigenvalue weighted by molar-refractivity contribution is 8.00. The second-order valence-corrected chi connectivity index (χ2v) is 16.6. The summed E-state index contributed by atoms with van der Waals surface area (Å²) < 4.78 is 24.3. The Labute approximate surface area is 345 Å². The number of hydrogen-bond acceptors (Lipinski definition) is 14. The number of hydrogen-bond donors (Lipinski definition) is 5. The van der Waals surface area contributed by atoms with Crippen molar-refractivity contribution in [2.45, 2.75) is 102 Å². The molecule has 4 rings (SSSR count). The number of Topliss-reactive ketones (excluding diaryl/α,β-unsaturated/α-hetero) is 1. The molecule has 2 fully saturated rings. The number of unbranched alkanes of at least 4 members (excludes halogenated alkanes) is 1. The molecule has 20 heteroatoms. The van der Waals surface area contributed by atoms with Crippen molar-refractivity contribution in [2.75, 3.05) is 84.8 Å². The summed E-state index contributed by atoms with van der Waals surface area (Å²) in [5.41, 5.74) is 9.73. The zero-order chi connectivity index (χ0) is 41.4. The second-order valence-electron chi connectivity index (χ2n) is 15.3. The number of aliphatic hydroxyl groups excluding tert-OH is 1. The molecule has 2 aliphatic heterocycles. The molecule has 3 aliphatic rings. The smallest absolute Gasteiger partial charge is 0.315 e. The zero-order valence-electron chi connectivity index (χ0n) is 34.1. The third-order valence-electron chi connectivity index (χ3n) is 9.80. The van der Waals surface area contributed by atoms with Gasteiger partial charge in [-0.1, -0.05) is 30.6 Å². The Bertz CT molecular complexity index is 1550. The molecule has 0 aromatic carbocycles. The molecular formula is C38H63N11O8S. The predicted molar refractivity (Wildman–Crippen MR) is 220 cm³/mol. The number of allylic oxidation sites excluding steroid dienone is 2. The van der Waals surface area contributed by atoms with Gasteiger partial charge in [-0.25, -0.2) is 4.79 Å². The van der Waals surface area contributed by atoms with Gasteiger partial charge in [0.1, 0.15) is 5.76 Å². The fourth-order valence-corrected chi connectivity index (χ4v) is 8.51. The Kier molecular flexibility index (Phi) is 21.3. The van der Waals surface area contributed by atoms with E-state index >= 15 is 0 Å². The SMILES string of the molecule is CC1(C)CC(=O)C(C(CCOCCOCCOCCOCCNC(=O)CCCC[C@@H]2SC[C@@H]3NC(=O)N[C@@H]32)=NCCCn2cc(CNCCCN=[N+]=[N-])nn2)=C(O)C1. The molecule has 1 aromatic heterocycles. The highest BCUT2D eigenvalue weighted by Gasteiger charge is 2.42. The third kappa shape index (κ3) is 17.6. The van der Waals surface area contributed by atoms with E-state index in [0.29, 0.717) is 141 Å². The van der Waals surface area contributed by atoms with Gasteiger partial charge >= 0.3 is 6.03 Å². The van der Waals surface area contributed by atoms with Crippen molar-refractivity contribution in [3.05, 3.63) is 33.7 Å². The lowest BCUT2D eigenvalue weighted by molar-refractivity contribution is -0.121. The van der Waals surface area contributed by atoms with E-state index in [2.05, 4.69) is 41.6 Å². The molecule has 0 radical (unpaired) electrons. The van der Waals surface area contributed by atoms with Gasteiger partial charge < -0.3 is 45.3 Å². The van der Waals surface area contributed by atoms with Gasteiger partial charge in [0.2, 0.25) is 5.91 Å². The minimum Gasteiger partial charge on any atom is -0.511 e. The number of azide groups is 1. The highest BCUT2D eigenvalue weighted by Crippen LogP contribution is 2.36. The average molecular weight is 834 g/mol. The van der Waals surface area contributed by atoms with Crippen LogP contribution in [0.4, 0.5) is 4.79 Å². The summed E-state index contributed by atoms with van der Waals surface area (Å²) in [6.07, 6.45) is 7.71. The van der Waals surface area contributed by atoms with Crippen molar-refractivity contribution in [1.82, 2.24) is 36.3 Å². The van der Waals surface area contributed by atoms with Gasteiger partial charge in [0.15, 0.2) is 5.78 Å². The lowest BCUT2D eigenvalue weighted by Crippen LogP contribution is -2.36. The highest BCUT2D eigenvalue weighted by atomic mass is 32.2. The van der Waals surface area contributed by atoms with E-state index in [0.717, 1.165) is 37.1 Å². The van der Waals surface area contributed by atoms with Gasteiger partial charge in [0.05, 0.1) is 81.9 Å². The molecule has 324 valence electrons. The summed E-state index contributed by atoms with van der Waals surface area (Å²) >= 11 is 1.89. The molecule has 1 aromatic rings. The van der Waals surface area contributed by atoms with Crippen molar-refractivity contribution in [1.29, 1.82) is 0 Å². The van der Waals surface area contributed by atoms with Gasteiger partial charge in [-0.05, 0) is 43.2 Å². The maximum Gasteiger partial charge on any atom is 0.315 e. The quantitative estimate of drug-likeness (QED) is 0.0180. The van der Waals surface area contributed by atoms with Crippen LogP contribution in [0, 0.1) is 5.41 Å². The topological polar surface area (TPSA) is 248 Å². The number of ether oxygens (including phenoxy) is 4. The van der Waals surface area contributed by atoms with Gasteiger partial charge in [-0.15, -0.1) is 5.10 Å². The summed E-state index contributed by atoms with van der Waals surface area (Å²) in [6.45, 7) is 10.3. The van der Waals surface area contributed by atoms with E-state index in [1.54, 1.807) is 4.68 Å². The lowest BCUT2D eigenvalue weighted by Gasteiger charge is -2.30. The largest absolute Gasteiger partial charge is 0.511 e. The van der Waals surface area contributed by atoms with Gasteiger partial charge in [-0.3, -0.25) is 19.3 Å². The number of aliphatic imine (C=N–C) groups is 1. The van der Waals surface area contributed by atoms with Crippen LogP contribution in [-0.4, -0.2) is 146 Å². The minimum absolute atomic E-state index is 0.0236. The summed E-state index contributed by atoms with van der Waals surface area (Å²) in [7, 11) is 0. The Hall–Kier alpha value is -3.78. The number of nitrogens with zero attached hydrogens (tertiary/aromatic N) is 7. The molecule has 0 saturated carbocycles. The van der Waals surface area contributed by atoms with E-state index in [1.165, 1.54) is 0 Å². The number of aliphatic hydroxyl groups is 1. The van der Waals surface area contributed by atoms with E-state index in [-0.39, 0.29) is 41.0 Å². The molecule has 3 atom stereocenters. The fourth-order valence-electron chi connectivity index (χ4n) is 6.97. The van der Waals surface area contributed by atoms with Crippen molar-refractivity contribution < 1.29 is 38.4 Å². The number of ketones is 1. The molecule has 1 aliphatic carbocycles. The van der Waals surface area contributed by atoms with Crippen LogP contribution in [-0.2, 0) is 41.6 Å². The Morgan fingerprint density at radius 1 is 0.983 bits per heavy atom. The van der Waals surface area contributed by atoms with E-state index in [1.807, 2.05) is 31.8 Å². The molecule has 5 N–H and O–H groups in total. The summed E-state index contributed by atoms with van der Waals surface area (Å²) in [5.74, 6) is 0.956. The summed E-state index contributed by atoms with van der Waals surface area (Å²) in [4.78, 5) is 44.2. The number of amides is 3. The van der Waals surface area contributed by atoms with E-state index < -0.39 is 0 Å². The number of aryl methyl sites for hydroxylation is 1. The number of aromatic nitrogens is 3. The van der Waals surface area contributed by atoms with Crippen LogP contribution in [0.1, 0.15) is 77.3 Å². The Morgan fingerprint density at radius 3 is 2.47 bits per heavy atom. The Morgan fingerprint density at radius 2 is 1.72 bits per heavy atom. The molecular weight excluding hydrogens is 771 g/mol. The van der Waals surface area contributed by atoms with Crippen LogP contribution in [0.25, 0.3) is 10.4 Å². The molecule has 2 saturated heterocycles. The first-order valence-corrected chi connectivity index (χ1v) is 21.6. The first-order chi connectivity index (χ1) is 28.1. The number of fused-ring (bicyclic) bond motifs is 1. The molecule has 3 amide bonds. The summed E-state index contributed by atoms with van der Waals surface area (Å²) in [5, 5.41) is 35.3. The standard InChI is InChI=1S/C38H63N11O8S/c1-38(2)23-31(50)35(32(51)24-38)29(41-11-6-14-49-26-28(46-48-49)25-40-10-5-12-43-47-39)9-15-54-17-19-56-21-22-57-20-18-55-16-13-42-34(52)8-4-3-7-33-36-30(27-58-33)44-37(53)45-36/h26,30,33,36,40,50H,3-25,27H2,1-2H3,(H,42,52)(H2,44,45,53)/t30-,33-,36-/m0/s1. The van der Waals surface area contributed by atoms with Crippen LogP contribution < -0.4 is 21.3 Å². The number of urea groups is 1. The number of rotatable bonds is 31. The predicted octanol–water partition coefficient (Wildman–Crippen LogP) is 3.40. The van der Waals surface area contributed by atoms with Crippen LogP contribution in [0.3, 0.4) is 0 Å². The number of carbonyl (C=O) groups is 3.